The fourth-order valence-corrected chi connectivity index (χ4v) is 2.69. The van der Waals surface area contributed by atoms with Crippen LogP contribution >= 0.6 is 15.9 Å². The van der Waals surface area contributed by atoms with E-state index in [-0.39, 0.29) is 5.41 Å². The third-order valence-electron chi connectivity index (χ3n) is 3.55. The number of halogens is 1. The Morgan fingerprint density at radius 1 is 1.44 bits per heavy atom. The number of hydrogen-bond donors (Lipinski definition) is 1. The molecule has 0 atom stereocenters. The van der Waals surface area contributed by atoms with E-state index in [1.807, 2.05) is 0 Å². The zero-order chi connectivity index (χ0) is 13.3. The van der Waals surface area contributed by atoms with Gasteiger partial charge in [0.25, 0.3) is 0 Å². The quantitative estimate of drug-likeness (QED) is 0.873. The minimum Gasteiger partial charge on any atom is -0.313 e. The summed E-state index contributed by atoms with van der Waals surface area (Å²) in [5, 5.41) is 8.21. The topological polar surface area (TPSA) is 29.9 Å². The van der Waals surface area contributed by atoms with Gasteiger partial charge in [0.1, 0.15) is 0 Å². The van der Waals surface area contributed by atoms with Crippen molar-refractivity contribution >= 4 is 15.9 Å². The van der Waals surface area contributed by atoms with Crippen LogP contribution in [0.5, 0.6) is 0 Å². The third-order valence-corrected chi connectivity index (χ3v) is 4.58. The lowest BCUT2D eigenvalue weighted by molar-refractivity contribution is 0.326. The first-order chi connectivity index (χ1) is 8.43. The van der Waals surface area contributed by atoms with Gasteiger partial charge in [-0.05, 0) is 54.5 Å². The minimum absolute atomic E-state index is 0.268. The monoisotopic (exact) mass is 313 g/mol. The molecule has 102 valence electrons. The molecule has 1 saturated carbocycles. The molecule has 1 aromatic rings. The van der Waals surface area contributed by atoms with Gasteiger partial charge in [-0.15, -0.1) is 0 Å². The maximum absolute atomic E-state index is 4.57. The fourth-order valence-electron chi connectivity index (χ4n) is 2.26. The molecule has 0 saturated heterocycles. The van der Waals surface area contributed by atoms with Crippen LogP contribution in [0, 0.1) is 12.3 Å². The molecule has 2 rings (SSSR count). The standard InChI is InChI=1S/C14H24BrN3/c1-5-18-12(13(15)10(2)17-18)8-14(3,4)9-16-11-6-7-11/h11,16H,5-9H2,1-4H3. The highest BCUT2D eigenvalue weighted by atomic mass is 79.9. The summed E-state index contributed by atoms with van der Waals surface area (Å²) in [4.78, 5) is 0. The van der Waals surface area contributed by atoms with Crippen LogP contribution < -0.4 is 5.32 Å². The molecule has 4 heteroatoms. The number of aryl methyl sites for hydroxylation is 2. The van der Waals surface area contributed by atoms with Crippen molar-refractivity contribution < 1.29 is 0 Å². The number of hydrogen-bond acceptors (Lipinski definition) is 2. The van der Waals surface area contributed by atoms with E-state index < -0.39 is 0 Å². The van der Waals surface area contributed by atoms with Gasteiger partial charge in [-0.3, -0.25) is 4.68 Å². The van der Waals surface area contributed by atoms with E-state index >= 15 is 0 Å². The van der Waals surface area contributed by atoms with Crippen molar-refractivity contribution in [2.45, 2.75) is 59.5 Å². The highest BCUT2D eigenvalue weighted by molar-refractivity contribution is 9.10. The summed E-state index contributed by atoms with van der Waals surface area (Å²) in [5.74, 6) is 0. The molecule has 0 amide bonds. The zero-order valence-corrected chi connectivity index (χ0v) is 13.5. The van der Waals surface area contributed by atoms with Crippen LogP contribution in [0.1, 0.15) is 45.0 Å². The van der Waals surface area contributed by atoms with Crippen LogP contribution in [0.15, 0.2) is 4.47 Å². The van der Waals surface area contributed by atoms with Crippen molar-refractivity contribution in [1.82, 2.24) is 15.1 Å². The second-order valence-electron chi connectivity index (χ2n) is 6.16. The van der Waals surface area contributed by atoms with Crippen LogP contribution in [0.3, 0.4) is 0 Å². The molecule has 1 N–H and O–H groups in total. The van der Waals surface area contributed by atoms with E-state index in [2.05, 4.69) is 58.7 Å². The summed E-state index contributed by atoms with van der Waals surface area (Å²) >= 11 is 3.68. The van der Waals surface area contributed by atoms with E-state index in [4.69, 9.17) is 0 Å². The Kier molecular flexibility index (Phi) is 4.17. The summed E-state index contributed by atoms with van der Waals surface area (Å²) in [6.07, 6.45) is 3.76. The Morgan fingerprint density at radius 3 is 2.67 bits per heavy atom. The van der Waals surface area contributed by atoms with Gasteiger partial charge in [0.2, 0.25) is 0 Å². The molecule has 1 fully saturated rings. The van der Waals surface area contributed by atoms with E-state index in [9.17, 15) is 0 Å². The molecule has 1 heterocycles. The molecule has 1 aliphatic rings. The second kappa shape index (κ2) is 5.33. The molecule has 0 radical (unpaired) electrons. The molecular weight excluding hydrogens is 290 g/mol. The summed E-state index contributed by atoms with van der Waals surface area (Å²) in [7, 11) is 0. The smallest absolute Gasteiger partial charge is 0.0738 e. The van der Waals surface area contributed by atoms with Crippen molar-refractivity contribution in [3.8, 4) is 0 Å². The van der Waals surface area contributed by atoms with Gasteiger partial charge in [-0.25, -0.2) is 0 Å². The van der Waals surface area contributed by atoms with Gasteiger partial charge in [-0.1, -0.05) is 13.8 Å². The normalized spacial score (nSPS) is 16.3. The molecule has 0 aromatic carbocycles. The Hall–Kier alpha value is -0.350. The van der Waals surface area contributed by atoms with Crippen molar-refractivity contribution in [2.75, 3.05) is 6.54 Å². The molecule has 0 aliphatic heterocycles. The first kappa shape index (κ1) is 14.1. The van der Waals surface area contributed by atoms with Crippen LogP contribution in [-0.2, 0) is 13.0 Å². The summed E-state index contributed by atoms with van der Waals surface area (Å²) in [6.45, 7) is 10.9. The molecule has 1 aliphatic carbocycles. The van der Waals surface area contributed by atoms with Gasteiger partial charge in [0.15, 0.2) is 0 Å². The van der Waals surface area contributed by atoms with Crippen molar-refractivity contribution in [3.63, 3.8) is 0 Å². The summed E-state index contributed by atoms with van der Waals surface area (Å²) in [6, 6.07) is 0.783. The van der Waals surface area contributed by atoms with Crippen molar-refractivity contribution in [1.29, 1.82) is 0 Å². The van der Waals surface area contributed by atoms with Crippen molar-refractivity contribution in [3.05, 3.63) is 15.9 Å². The average Bonchev–Trinajstić information content (AvgIpc) is 3.10. The van der Waals surface area contributed by atoms with Gasteiger partial charge < -0.3 is 5.32 Å². The number of rotatable bonds is 6. The molecule has 0 spiro atoms. The fraction of sp³-hybridized carbons (Fsp3) is 0.786. The predicted octanol–water partition coefficient (Wildman–Crippen LogP) is 3.29. The summed E-state index contributed by atoms with van der Waals surface area (Å²) in [5.41, 5.74) is 2.69. The van der Waals surface area contributed by atoms with Crippen molar-refractivity contribution in [2.24, 2.45) is 5.41 Å². The van der Waals surface area contributed by atoms with Gasteiger partial charge in [0.05, 0.1) is 15.9 Å². The molecule has 1 aromatic heterocycles. The van der Waals surface area contributed by atoms with E-state index in [0.29, 0.717) is 0 Å². The molecule has 3 nitrogen and oxygen atoms in total. The Balaban J connectivity index is 2.06. The maximum Gasteiger partial charge on any atom is 0.0738 e. The Labute approximate surface area is 118 Å². The van der Waals surface area contributed by atoms with Crippen LogP contribution in [0.25, 0.3) is 0 Å². The van der Waals surface area contributed by atoms with E-state index in [1.54, 1.807) is 0 Å². The average molecular weight is 314 g/mol. The lowest BCUT2D eigenvalue weighted by atomic mass is 9.87. The number of nitrogens with zero attached hydrogens (tertiary/aromatic N) is 2. The SMILES string of the molecule is CCn1nc(C)c(Br)c1CC(C)(C)CNC1CC1. The lowest BCUT2D eigenvalue weighted by Gasteiger charge is -2.25. The first-order valence-electron chi connectivity index (χ1n) is 6.88. The summed E-state index contributed by atoms with van der Waals surface area (Å²) < 4.78 is 3.31. The molecular formula is C14H24BrN3. The first-order valence-corrected chi connectivity index (χ1v) is 7.67. The zero-order valence-electron chi connectivity index (χ0n) is 11.9. The predicted molar refractivity (Wildman–Crippen MR) is 78.8 cm³/mol. The van der Waals surface area contributed by atoms with E-state index in [0.717, 1.165) is 31.2 Å². The number of aromatic nitrogens is 2. The Bertz CT molecular complexity index is 419. The van der Waals surface area contributed by atoms with Crippen LogP contribution in [0.4, 0.5) is 0 Å². The molecule has 0 unspecified atom stereocenters. The van der Waals surface area contributed by atoms with Gasteiger partial charge >= 0.3 is 0 Å². The third kappa shape index (κ3) is 3.35. The largest absolute Gasteiger partial charge is 0.313 e. The second-order valence-corrected chi connectivity index (χ2v) is 6.95. The van der Waals surface area contributed by atoms with Gasteiger partial charge in [-0.2, -0.15) is 5.10 Å². The van der Waals surface area contributed by atoms with Crippen LogP contribution in [0.2, 0.25) is 0 Å². The maximum atomic E-state index is 4.57. The number of nitrogens with one attached hydrogen (secondary N) is 1. The highest BCUT2D eigenvalue weighted by Crippen LogP contribution is 2.29. The lowest BCUT2D eigenvalue weighted by Crippen LogP contribution is -2.33. The van der Waals surface area contributed by atoms with Crippen LogP contribution in [-0.4, -0.2) is 22.4 Å². The van der Waals surface area contributed by atoms with Gasteiger partial charge in [0, 0.05) is 19.1 Å². The minimum atomic E-state index is 0.268. The molecule has 0 bridgehead atoms. The Morgan fingerprint density at radius 2 is 2.11 bits per heavy atom. The molecule has 18 heavy (non-hydrogen) atoms. The van der Waals surface area contributed by atoms with E-state index in [1.165, 1.54) is 23.0 Å². The highest BCUT2D eigenvalue weighted by Gasteiger charge is 2.27.